The number of esters is 1. The molecule has 1 saturated heterocycles. The van der Waals surface area contributed by atoms with Crippen molar-refractivity contribution in [2.45, 2.75) is 32.1 Å². The van der Waals surface area contributed by atoms with Crippen LogP contribution in [0.25, 0.3) is 0 Å². The zero-order valence-electron chi connectivity index (χ0n) is 16.1. The van der Waals surface area contributed by atoms with Crippen LogP contribution < -0.4 is 5.01 Å². The highest BCUT2D eigenvalue weighted by Crippen LogP contribution is 2.58. The largest absolute Gasteiger partial charge is 0.460 e. The second-order valence-electron chi connectivity index (χ2n) is 7.17. The molecule has 6 heteroatoms. The Bertz CT molecular complexity index is 959. The van der Waals surface area contributed by atoms with Crippen molar-refractivity contribution in [3.8, 4) is 0 Å². The molecule has 2 aromatic carbocycles. The molecule has 0 saturated carbocycles. The molecule has 5 nitrogen and oxygen atoms in total. The summed E-state index contributed by atoms with van der Waals surface area (Å²) in [5, 5.41) is 5.93. The zero-order chi connectivity index (χ0) is 19.9. The maximum absolute atomic E-state index is 13.8. The summed E-state index contributed by atoms with van der Waals surface area (Å²) < 4.78 is 5.68. The number of aryl methyl sites for hydroxylation is 1. The highest BCUT2D eigenvalue weighted by molar-refractivity contribution is 8.00. The van der Waals surface area contributed by atoms with Gasteiger partial charge in [0.2, 0.25) is 0 Å². The number of thioether (sulfide) groups is 1. The van der Waals surface area contributed by atoms with Crippen LogP contribution in [0.15, 0.2) is 59.7 Å². The summed E-state index contributed by atoms with van der Waals surface area (Å²) in [4.78, 5) is 25.7. The van der Waals surface area contributed by atoms with Crippen LogP contribution in [0.2, 0.25) is 0 Å². The van der Waals surface area contributed by atoms with E-state index < -0.39 is 11.5 Å². The van der Waals surface area contributed by atoms with Crippen LogP contribution in [-0.2, 0) is 14.3 Å². The van der Waals surface area contributed by atoms with Gasteiger partial charge in [-0.05, 0) is 37.1 Å². The number of carbonyl (C=O) groups is 2. The highest BCUT2D eigenvalue weighted by atomic mass is 32.2. The number of anilines is 1. The van der Waals surface area contributed by atoms with Gasteiger partial charge in [-0.1, -0.05) is 42.5 Å². The molecule has 2 heterocycles. The predicted molar refractivity (Wildman–Crippen MR) is 111 cm³/mol. The Morgan fingerprint density at radius 1 is 1.14 bits per heavy atom. The molecule has 4 rings (SSSR count). The topological polar surface area (TPSA) is 59.0 Å². The van der Waals surface area contributed by atoms with Gasteiger partial charge < -0.3 is 4.74 Å². The third kappa shape index (κ3) is 2.75. The molecule has 0 radical (unpaired) electrons. The van der Waals surface area contributed by atoms with Gasteiger partial charge in [0.25, 0.3) is 5.91 Å². The number of benzene rings is 2. The normalized spacial score (nSPS) is 26.6. The van der Waals surface area contributed by atoms with Crippen molar-refractivity contribution in [1.29, 1.82) is 0 Å². The first-order chi connectivity index (χ1) is 13.5. The lowest BCUT2D eigenvalue weighted by Gasteiger charge is -2.34. The minimum Gasteiger partial charge on any atom is -0.460 e. The number of hydrogen-bond acceptors (Lipinski definition) is 5. The standard InChI is InChI=1S/C22H22N2O3S/c1-14-9-7-8-12-18(14)20-22(19(13-28-20)27-16(3)25)15(2)23-24(21(22)26)17-10-5-4-6-11-17/h4-12,19-20H,13H2,1-3H3/t19-,20-,22+/m1/s1. The van der Waals surface area contributed by atoms with Crippen molar-refractivity contribution in [3.05, 3.63) is 65.7 Å². The van der Waals surface area contributed by atoms with E-state index in [4.69, 9.17) is 4.74 Å². The average Bonchev–Trinajstić information content (AvgIpc) is 3.17. The third-order valence-electron chi connectivity index (χ3n) is 5.51. The molecule has 1 amide bonds. The van der Waals surface area contributed by atoms with Crippen molar-refractivity contribution in [2.24, 2.45) is 10.5 Å². The fourth-order valence-corrected chi connectivity index (χ4v) is 6.01. The van der Waals surface area contributed by atoms with E-state index >= 15 is 0 Å². The summed E-state index contributed by atoms with van der Waals surface area (Å²) >= 11 is 1.66. The smallest absolute Gasteiger partial charge is 0.302 e. The van der Waals surface area contributed by atoms with Crippen LogP contribution in [0.1, 0.15) is 30.2 Å². The van der Waals surface area contributed by atoms with E-state index in [2.05, 4.69) is 11.2 Å². The van der Waals surface area contributed by atoms with Gasteiger partial charge in [0, 0.05) is 12.7 Å². The van der Waals surface area contributed by atoms with Gasteiger partial charge in [0.1, 0.15) is 11.5 Å². The monoisotopic (exact) mass is 394 g/mol. The Hall–Kier alpha value is -2.60. The lowest BCUT2D eigenvalue weighted by atomic mass is 9.72. The molecule has 2 aliphatic heterocycles. The van der Waals surface area contributed by atoms with Gasteiger partial charge in [0.05, 0.1) is 16.6 Å². The quantitative estimate of drug-likeness (QED) is 0.735. The Morgan fingerprint density at radius 3 is 2.50 bits per heavy atom. The van der Waals surface area contributed by atoms with Crippen LogP contribution in [0.5, 0.6) is 0 Å². The number of ether oxygens (including phenoxy) is 1. The number of hydrazone groups is 1. The fourth-order valence-electron chi connectivity index (χ4n) is 4.18. The van der Waals surface area contributed by atoms with Crippen molar-refractivity contribution >= 4 is 35.0 Å². The summed E-state index contributed by atoms with van der Waals surface area (Å²) in [6.45, 7) is 5.30. The number of nitrogens with zero attached hydrogens (tertiary/aromatic N) is 2. The SMILES string of the molecule is CC(=O)O[C@@H]1CS[C@H](c2ccccc2C)[C@@]12C(=O)N(c1ccccc1)N=C2C. The number of hydrogen-bond donors (Lipinski definition) is 0. The van der Waals surface area contributed by atoms with Crippen molar-refractivity contribution < 1.29 is 14.3 Å². The maximum atomic E-state index is 13.8. The van der Waals surface area contributed by atoms with E-state index in [9.17, 15) is 9.59 Å². The fraction of sp³-hybridized carbons (Fsp3) is 0.318. The first-order valence-corrected chi connectivity index (χ1v) is 10.3. The van der Waals surface area contributed by atoms with Gasteiger partial charge in [-0.2, -0.15) is 10.1 Å². The molecule has 0 aromatic heterocycles. The Morgan fingerprint density at radius 2 is 1.82 bits per heavy atom. The molecule has 1 spiro atoms. The predicted octanol–water partition coefficient (Wildman–Crippen LogP) is 4.12. The lowest BCUT2D eigenvalue weighted by Crippen LogP contribution is -2.50. The summed E-state index contributed by atoms with van der Waals surface area (Å²) in [5.74, 6) is 0.0367. The second-order valence-corrected chi connectivity index (χ2v) is 8.31. The molecule has 0 bridgehead atoms. The second kappa shape index (κ2) is 7.09. The van der Waals surface area contributed by atoms with Gasteiger partial charge >= 0.3 is 5.97 Å². The summed E-state index contributed by atoms with van der Waals surface area (Å²) in [7, 11) is 0. The molecule has 2 aliphatic rings. The van der Waals surface area contributed by atoms with Crippen molar-refractivity contribution in [2.75, 3.05) is 10.8 Å². The van der Waals surface area contributed by atoms with Gasteiger partial charge in [-0.15, -0.1) is 11.8 Å². The van der Waals surface area contributed by atoms with Gasteiger partial charge in [-0.25, -0.2) is 0 Å². The summed E-state index contributed by atoms with van der Waals surface area (Å²) in [6.07, 6.45) is -0.551. The first-order valence-electron chi connectivity index (χ1n) is 9.26. The molecule has 2 aromatic rings. The Balaban J connectivity index is 1.85. The molecule has 1 fully saturated rings. The summed E-state index contributed by atoms with van der Waals surface area (Å²) in [5.41, 5.74) is 2.59. The molecule has 0 aliphatic carbocycles. The molecule has 0 N–H and O–H groups in total. The minimum atomic E-state index is -1.00. The van der Waals surface area contributed by atoms with Crippen LogP contribution >= 0.6 is 11.8 Å². The lowest BCUT2D eigenvalue weighted by molar-refractivity contribution is -0.151. The number of amides is 1. The van der Waals surface area contributed by atoms with Gasteiger partial charge in [-0.3, -0.25) is 9.59 Å². The molecule has 144 valence electrons. The molecule has 0 unspecified atom stereocenters. The number of para-hydroxylation sites is 1. The highest BCUT2D eigenvalue weighted by Gasteiger charge is 2.65. The van der Waals surface area contributed by atoms with E-state index in [1.165, 1.54) is 11.9 Å². The summed E-state index contributed by atoms with van der Waals surface area (Å²) in [6, 6.07) is 17.5. The molecule has 3 atom stereocenters. The van der Waals surface area contributed by atoms with E-state index in [1.807, 2.05) is 62.4 Å². The van der Waals surface area contributed by atoms with E-state index in [-0.39, 0.29) is 17.1 Å². The van der Waals surface area contributed by atoms with Crippen molar-refractivity contribution in [3.63, 3.8) is 0 Å². The minimum absolute atomic E-state index is 0.138. The maximum Gasteiger partial charge on any atom is 0.302 e. The Kier molecular flexibility index (Phi) is 4.75. The molecular weight excluding hydrogens is 372 g/mol. The number of carbonyl (C=O) groups excluding carboxylic acids is 2. The Labute approximate surface area is 168 Å². The van der Waals surface area contributed by atoms with E-state index in [0.29, 0.717) is 17.2 Å². The van der Waals surface area contributed by atoms with Crippen LogP contribution in [0, 0.1) is 12.3 Å². The van der Waals surface area contributed by atoms with E-state index in [0.717, 1.165) is 11.1 Å². The zero-order valence-corrected chi connectivity index (χ0v) is 16.9. The van der Waals surface area contributed by atoms with Crippen LogP contribution in [-0.4, -0.2) is 29.4 Å². The molecular formula is C22H22N2O3S. The first kappa shape index (κ1) is 18.7. The third-order valence-corrected chi connectivity index (χ3v) is 6.96. The van der Waals surface area contributed by atoms with E-state index in [1.54, 1.807) is 11.8 Å². The average molecular weight is 394 g/mol. The van der Waals surface area contributed by atoms with Gasteiger partial charge in [0.15, 0.2) is 0 Å². The van der Waals surface area contributed by atoms with Crippen molar-refractivity contribution in [1.82, 2.24) is 0 Å². The molecule has 28 heavy (non-hydrogen) atoms. The number of rotatable bonds is 3. The van der Waals surface area contributed by atoms with Crippen LogP contribution in [0.4, 0.5) is 5.69 Å². The van der Waals surface area contributed by atoms with Crippen LogP contribution in [0.3, 0.4) is 0 Å².